The Kier molecular flexibility index (Phi) is 4.08. The van der Waals surface area contributed by atoms with E-state index in [1.807, 2.05) is 19.3 Å². The molecule has 1 rings (SSSR count). The molecule has 2 heteroatoms. The van der Waals surface area contributed by atoms with Crippen LogP contribution in [0.25, 0.3) is 0 Å². The lowest BCUT2D eigenvalue weighted by Gasteiger charge is -2.23. The van der Waals surface area contributed by atoms with E-state index in [1.54, 1.807) is 0 Å². The van der Waals surface area contributed by atoms with Gasteiger partial charge < -0.3 is 5.32 Å². The van der Waals surface area contributed by atoms with Gasteiger partial charge in [0.1, 0.15) is 0 Å². The molecule has 0 amide bonds. The molecule has 0 fully saturated rings. The van der Waals surface area contributed by atoms with Crippen LogP contribution in [0.4, 0.5) is 0 Å². The molecule has 0 bridgehead atoms. The zero-order valence-corrected chi connectivity index (χ0v) is 9.54. The summed E-state index contributed by atoms with van der Waals surface area (Å²) in [7, 11) is 2.02. The highest BCUT2D eigenvalue weighted by atomic mass is 14.9. The topological polar surface area (TPSA) is 24.9 Å². The summed E-state index contributed by atoms with van der Waals surface area (Å²) in [6.45, 7) is 6.57. The van der Waals surface area contributed by atoms with Crippen LogP contribution in [-0.2, 0) is 0 Å². The fourth-order valence-corrected chi connectivity index (χ4v) is 1.81. The molecule has 2 nitrogen and oxygen atoms in total. The average Bonchev–Trinajstić information content (AvgIpc) is 2.21. The number of hydrogen-bond donors (Lipinski definition) is 1. The minimum atomic E-state index is 0.425. The standard InChI is InChI=1S/C12H20N2/c1-5-9(2)12(13-4)11-7-6-8-14-10(11)3/h6-9,12-13H,5H2,1-4H3. The minimum Gasteiger partial charge on any atom is -0.313 e. The molecule has 0 aliphatic carbocycles. The van der Waals surface area contributed by atoms with Crippen LogP contribution < -0.4 is 5.32 Å². The summed E-state index contributed by atoms with van der Waals surface area (Å²) in [6, 6.07) is 4.60. The average molecular weight is 192 g/mol. The summed E-state index contributed by atoms with van der Waals surface area (Å²) >= 11 is 0. The van der Waals surface area contributed by atoms with Gasteiger partial charge in [-0.1, -0.05) is 26.3 Å². The number of rotatable bonds is 4. The van der Waals surface area contributed by atoms with E-state index in [4.69, 9.17) is 0 Å². The lowest BCUT2D eigenvalue weighted by molar-refractivity contribution is 0.398. The van der Waals surface area contributed by atoms with Gasteiger partial charge in [0, 0.05) is 17.9 Å². The fourth-order valence-electron chi connectivity index (χ4n) is 1.81. The molecule has 0 aliphatic rings. The van der Waals surface area contributed by atoms with Crippen molar-refractivity contribution >= 4 is 0 Å². The van der Waals surface area contributed by atoms with Crippen molar-refractivity contribution in [2.45, 2.75) is 33.2 Å². The quantitative estimate of drug-likeness (QED) is 0.793. The zero-order valence-electron chi connectivity index (χ0n) is 9.54. The summed E-state index contributed by atoms with van der Waals surface area (Å²) in [6.07, 6.45) is 3.03. The lowest BCUT2D eigenvalue weighted by Crippen LogP contribution is -2.24. The highest BCUT2D eigenvalue weighted by Gasteiger charge is 2.17. The van der Waals surface area contributed by atoms with E-state index in [-0.39, 0.29) is 0 Å². The van der Waals surface area contributed by atoms with Gasteiger partial charge in [-0.2, -0.15) is 0 Å². The Morgan fingerprint density at radius 3 is 2.71 bits per heavy atom. The SMILES string of the molecule is CCC(C)C(NC)c1cccnc1C. The summed E-state index contributed by atoms with van der Waals surface area (Å²) in [5.41, 5.74) is 2.46. The Hall–Kier alpha value is -0.890. The van der Waals surface area contributed by atoms with E-state index in [2.05, 4.69) is 37.1 Å². The molecule has 0 spiro atoms. The first-order chi connectivity index (χ1) is 6.70. The van der Waals surface area contributed by atoms with Gasteiger partial charge in [-0.25, -0.2) is 0 Å². The lowest BCUT2D eigenvalue weighted by atomic mass is 9.92. The van der Waals surface area contributed by atoms with Crippen LogP contribution in [0.1, 0.15) is 37.6 Å². The first-order valence-electron chi connectivity index (χ1n) is 5.29. The first kappa shape index (κ1) is 11.2. The largest absolute Gasteiger partial charge is 0.313 e. The fraction of sp³-hybridized carbons (Fsp3) is 0.583. The van der Waals surface area contributed by atoms with E-state index < -0.39 is 0 Å². The summed E-state index contributed by atoms with van der Waals surface area (Å²) < 4.78 is 0. The predicted octanol–water partition coefficient (Wildman–Crippen LogP) is 2.70. The van der Waals surface area contributed by atoms with Crippen molar-refractivity contribution in [3.05, 3.63) is 29.6 Å². The molecular formula is C12H20N2. The van der Waals surface area contributed by atoms with Gasteiger partial charge in [-0.05, 0) is 31.5 Å². The summed E-state index contributed by atoms with van der Waals surface area (Å²) in [5, 5.41) is 3.37. The molecule has 0 radical (unpaired) electrons. The summed E-state index contributed by atoms with van der Waals surface area (Å²) in [5.74, 6) is 0.642. The molecule has 1 aromatic rings. The van der Waals surface area contributed by atoms with Crippen LogP contribution in [0, 0.1) is 12.8 Å². The maximum absolute atomic E-state index is 4.32. The van der Waals surface area contributed by atoms with Crippen molar-refractivity contribution in [1.29, 1.82) is 0 Å². The smallest absolute Gasteiger partial charge is 0.0420 e. The molecule has 2 unspecified atom stereocenters. The molecule has 2 atom stereocenters. The van der Waals surface area contributed by atoms with Crippen molar-refractivity contribution in [3.63, 3.8) is 0 Å². The third-order valence-electron chi connectivity index (χ3n) is 2.91. The van der Waals surface area contributed by atoms with Crippen molar-refractivity contribution in [2.75, 3.05) is 7.05 Å². The second kappa shape index (κ2) is 5.11. The molecular weight excluding hydrogens is 172 g/mol. The summed E-state index contributed by atoms with van der Waals surface area (Å²) in [4.78, 5) is 4.32. The molecule has 78 valence electrons. The number of pyridine rings is 1. The van der Waals surface area contributed by atoms with Gasteiger partial charge in [0.05, 0.1) is 0 Å². The third-order valence-corrected chi connectivity index (χ3v) is 2.91. The minimum absolute atomic E-state index is 0.425. The number of aromatic nitrogens is 1. The second-order valence-electron chi connectivity index (χ2n) is 3.83. The Balaban J connectivity index is 2.94. The highest BCUT2D eigenvalue weighted by molar-refractivity contribution is 5.22. The Morgan fingerprint density at radius 2 is 2.21 bits per heavy atom. The van der Waals surface area contributed by atoms with Gasteiger partial charge in [0.2, 0.25) is 0 Å². The zero-order chi connectivity index (χ0) is 10.6. The van der Waals surface area contributed by atoms with Crippen LogP contribution in [0.3, 0.4) is 0 Å². The van der Waals surface area contributed by atoms with Crippen molar-refractivity contribution in [1.82, 2.24) is 10.3 Å². The van der Waals surface area contributed by atoms with E-state index >= 15 is 0 Å². The second-order valence-corrected chi connectivity index (χ2v) is 3.83. The van der Waals surface area contributed by atoms with Gasteiger partial charge in [-0.3, -0.25) is 4.98 Å². The predicted molar refractivity (Wildman–Crippen MR) is 60.2 cm³/mol. The van der Waals surface area contributed by atoms with E-state index in [1.165, 1.54) is 12.0 Å². The van der Waals surface area contributed by atoms with Crippen molar-refractivity contribution < 1.29 is 0 Å². The number of aryl methyl sites for hydroxylation is 1. The molecule has 0 saturated carbocycles. The Labute approximate surface area is 86.8 Å². The Morgan fingerprint density at radius 1 is 1.50 bits per heavy atom. The van der Waals surface area contributed by atoms with Gasteiger partial charge in [-0.15, -0.1) is 0 Å². The Bertz CT molecular complexity index is 283. The van der Waals surface area contributed by atoms with Crippen molar-refractivity contribution in [2.24, 2.45) is 5.92 Å². The van der Waals surface area contributed by atoms with Crippen LogP contribution in [-0.4, -0.2) is 12.0 Å². The molecule has 1 aromatic heterocycles. The normalized spacial score (nSPS) is 15.1. The number of hydrogen-bond acceptors (Lipinski definition) is 2. The molecule has 14 heavy (non-hydrogen) atoms. The third kappa shape index (κ3) is 2.32. The molecule has 1 N–H and O–H groups in total. The van der Waals surface area contributed by atoms with E-state index in [9.17, 15) is 0 Å². The van der Waals surface area contributed by atoms with Gasteiger partial charge in [0.25, 0.3) is 0 Å². The molecule has 0 saturated heterocycles. The first-order valence-corrected chi connectivity index (χ1v) is 5.29. The number of nitrogens with one attached hydrogen (secondary N) is 1. The van der Waals surface area contributed by atoms with Crippen LogP contribution in [0.15, 0.2) is 18.3 Å². The number of nitrogens with zero attached hydrogens (tertiary/aromatic N) is 1. The maximum Gasteiger partial charge on any atom is 0.0420 e. The highest BCUT2D eigenvalue weighted by Crippen LogP contribution is 2.25. The van der Waals surface area contributed by atoms with E-state index in [0.29, 0.717) is 12.0 Å². The molecule has 0 aliphatic heterocycles. The molecule has 0 aromatic carbocycles. The van der Waals surface area contributed by atoms with Gasteiger partial charge in [0.15, 0.2) is 0 Å². The monoisotopic (exact) mass is 192 g/mol. The van der Waals surface area contributed by atoms with E-state index in [0.717, 1.165) is 5.69 Å². The van der Waals surface area contributed by atoms with Crippen LogP contribution in [0.2, 0.25) is 0 Å². The van der Waals surface area contributed by atoms with Crippen LogP contribution >= 0.6 is 0 Å². The molecule has 1 heterocycles. The van der Waals surface area contributed by atoms with Crippen molar-refractivity contribution in [3.8, 4) is 0 Å². The maximum atomic E-state index is 4.32. The van der Waals surface area contributed by atoms with Gasteiger partial charge >= 0.3 is 0 Å². The van der Waals surface area contributed by atoms with Crippen LogP contribution in [0.5, 0.6) is 0 Å².